The Morgan fingerprint density at radius 3 is 2.40 bits per heavy atom. The molecular weight excluding hydrogens is 380 g/mol. The molecule has 2 unspecified atom stereocenters. The maximum Gasteiger partial charge on any atom is 0.224 e. The lowest BCUT2D eigenvalue weighted by Crippen LogP contribution is -2.45. The normalized spacial score (nSPS) is 19.3. The molecule has 2 aromatic rings. The van der Waals surface area contributed by atoms with Crippen molar-refractivity contribution in [3.05, 3.63) is 59.2 Å². The molecule has 6 heteroatoms. The van der Waals surface area contributed by atoms with Crippen LogP contribution in [0.4, 0.5) is 0 Å². The van der Waals surface area contributed by atoms with Crippen molar-refractivity contribution >= 4 is 5.91 Å². The van der Waals surface area contributed by atoms with Gasteiger partial charge in [-0.1, -0.05) is 24.3 Å². The second-order valence-electron chi connectivity index (χ2n) is 7.85. The van der Waals surface area contributed by atoms with Gasteiger partial charge in [-0.2, -0.15) is 0 Å². The molecule has 1 fully saturated rings. The van der Waals surface area contributed by atoms with Crippen LogP contribution in [0.1, 0.15) is 30.5 Å². The van der Waals surface area contributed by atoms with E-state index in [4.69, 9.17) is 14.2 Å². The molecule has 0 saturated carbocycles. The molecule has 1 heterocycles. The first-order valence-corrected chi connectivity index (χ1v) is 10.4. The van der Waals surface area contributed by atoms with Crippen LogP contribution in [0.5, 0.6) is 11.5 Å². The number of ether oxygens (including phenoxy) is 3. The fourth-order valence-corrected chi connectivity index (χ4v) is 3.99. The van der Waals surface area contributed by atoms with E-state index in [0.717, 1.165) is 30.8 Å². The Labute approximate surface area is 179 Å². The largest absolute Gasteiger partial charge is 0.497 e. The maximum absolute atomic E-state index is 12.6. The molecule has 162 valence electrons. The summed E-state index contributed by atoms with van der Waals surface area (Å²) in [6.07, 6.45) is 0.707. The molecule has 0 spiro atoms. The van der Waals surface area contributed by atoms with Crippen LogP contribution in [-0.4, -0.2) is 50.3 Å². The van der Waals surface area contributed by atoms with Crippen molar-refractivity contribution < 1.29 is 19.0 Å². The average molecular weight is 413 g/mol. The summed E-state index contributed by atoms with van der Waals surface area (Å²) < 4.78 is 16.5. The monoisotopic (exact) mass is 412 g/mol. The zero-order chi connectivity index (χ0) is 21.5. The highest BCUT2D eigenvalue weighted by atomic mass is 16.5. The van der Waals surface area contributed by atoms with E-state index in [-0.39, 0.29) is 24.5 Å². The van der Waals surface area contributed by atoms with Crippen molar-refractivity contribution in [2.24, 2.45) is 0 Å². The van der Waals surface area contributed by atoms with Gasteiger partial charge in [-0.05, 0) is 43.2 Å². The molecule has 0 radical (unpaired) electrons. The average Bonchev–Trinajstić information content (AvgIpc) is 2.72. The number of carbonyl (C=O) groups is 1. The maximum atomic E-state index is 12.6. The van der Waals surface area contributed by atoms with Gasteiger partial charge < -0.3 is 19.5 Å². The predicted octanol–water partition coefficient (Wildman–Crippen LogP) is 3.17. The van der Waals surface area contributed by atoms with Crippen LogP contribution >= 0.6 is 0 Å². The van der Waals surface area contributed by atoms with Gasteiger partial charge >= 0.3 is 0 Å². The Kier molecular flexibility index (Phi) is 7.71. The Hall–Kier alpha value is -2.57. The van der Waals surface area contributed by atoms with Crippen LogP contribution in [0, 0.1) is 0 Å². The lowest BCUT2D eigenvalue weighted by molar-refractivity contribution is -0.120. The molecule has 6 nitrogen and oxygen atoms in total. The van der Waals surface area contributed by atoms with Crippen molar-refractivity contribution in [1.29, 1.82) is 0 Å². The van der Waals surface area contributed by atoms with Crippen LogP contribution in [0.15, 0.2) is 42.5 Å². The van der Waals surface area contributed by atoms with E-state index < -0.39 is 0 Å². The van der Waals surface area contributed by atoms with Gasteiger partial charge in [-0.15, -0.1) is 0 Å². The fourth-order valence-electron chi connectivity index (χ4n) is 3.99. The summed E-state index contributed by atoms with van der Waals surface area (Å²) in [5, 5.41) is 3.05. The first-order valence-electron chi connectivity index (χ1n) is 10.4. The highest BCUT2D eigenvalue weighted by molar-refractivity contribution is 5.79. The lowest BCUT2D eigenvalue weighted by Gasteiger charge is -2.35. The summed E-state index contributed by atoms with van der Waals surface area (Å²) in [6.45, 7) is 7.41. The first-order chi connectivity index (χ1) is 14.5. The van der Waals surface area contributed by atoms with E-state index in [1.807, 2.05) is 24.3 Å². The number of hydrogen-bond donors (Lipinski definition) is 1. The molecule has 1 N–H and O–H groups in total. The summed E-state index contributed by atoms with van der Waals surface area (Å²) >= 11 is 0. The van der Waals surface area contributed by atoms with Crippen molar-refractivity contribution in [1.82, 2.24) is 10.2 Å². The van der Waals surface area contributed by atoms with Gasteiger partial charge in [0.25, 0.3) is 0 Å². The fraction of sp³-hybridized carbons (Fsp3) is 0.458. The molecule has 30 heavy (non-hydrogen) atoms. The summed E-state index contributed by atoms with van der Waals surface area (Å²) in [6, 6.07) is 13.8. The van der Waals surface area contributed by atoms with E-state index >= 15 is 0 Å². The second-order valence-corrected chi connectivity index (χ2v) is 7.85. The molecule has 1 aliphatic rings. The molecular formula is C24H32N2O4. The van der Waals surface area contributed by atoms with Crippen molar-refractivity contribution in [3.8, 4) is 11.5 Å². The second kappa shape index (κ2) is 10.5. The number of hydrogen-bond acceptors (Lipinski definition) is 5. The topological polar surface area (TPSA) is 60.0 Å². The third-order valence-electron chi connectivity index (χ3n) is 5.32. The van der Waals surface area contributed by atoms with E-state index in [0.29, 0.717) is 18.0 Å². The lowest BCUT2D eigenvalue weighted by atomic mass is 10.1. The number of nitrogens with one attached hydrogen (secondary N) is 1. The van der Waals surface area contributed by atoms with Gasteiger partial charge in [0.05, 0.1) is 32.8 Å². The van der Waals surface area contributed by atoms with Gasteiger partial charge in [-0.25, -0.2) is 0 Å². The third kappa shape index (κ3) is 5.97. The number of carbonyl (C=O) groups excluding carboxylic acids is 1. The molecule has 0 bridgehead atoms. The number of amides is 1. The molecule has 1 aliphatic heterocycles. The van der Waals surface area contributed by atoms with Gasteiger partial charge in [0.15, 0.2) is 0 Å². The van der Waals surface area contributed by atoms with Gasteiger partial charge in [0.1, 0.15) is 11.5 Å². The molecule has 3 rings (SSSR count). The predicted molar refractivity (Wildman–Crippen MR) is 117 cm³/mol. The SMILES string of the molecule is COc1ccc(OC)c(CC(=O)NCc2ccccc2CN2CC(C)OC(C)C2)c1. The van der Waals surface area contributed by atoms with E-state index in [9.17, 15) is 4.79 Å². The van der Waals surface area contributed by atoms with E-state index in [1.165, 1.54) is 5.56 Å². The number of rotatable bonds is 8. The zero-order valence-electron chi connectivity index (χ0n) is 18.3. The highest BCUT2D eigenvalue weighted by Crippen LogP contribution is 2.24. The van der Waals surface area contributed by atoms with Crippen LogP contribution < -0.4 is 14.8 Å². The van der Waals surface area contributed by atoms with Crippen LogP contribution in [0.2, 0.25) is 0 Å². The quantitative estimate of drug-likeness (QED) is 0.722. The minimum absolute atomic E-state index is 0.0510. The summed E-state index contributed by atoms with van der Waals surface area (Å²) in [5.41, 5.74) is 3.17. The Morgan fingerprint density at radius 1 is 1.03 bits per heavy atom. The summed E-state index contributed by atoms with van der Waals surface area (Å²) in [4.78, 5) is 15.0. The molecule has 0 aromatic heterocycles. The van der Waals surface area contributed by atoms with Crippen LogP contribution in [-0.2, 0) is 29.0 Å². The first kappa shape index (κ1) is 22.1. The third-order valence-corrected chi connectivity index (χ3v) is 5.32. The van der Waals surface area contributed by atoms with Gasteiger partial charge in [0.2, 0.25) is 5.91 Å². The molecule has 2 aromatic carbocycles. The number of morpholine rings is 1. The van der Waals surface area contributed by atoms with Crippen molar-refractivity contribution in [3.63, 3.8) is 0 Å². The highest BCUT2D eigenvalue weighted by Gasteiger charge is 2.22. The summed E-state index contributed by atoms with van der Waals surface area (Å²) in [5.74, 6) is 1.34. The number of benzene rings is 2. The Bertz CT molecular complexity index is 845. The molecule has 0 aliphatic carbocycles. The van der Waals surface area contributed by atoms with Crippen LogP contribution in [0.25, 0.3) is 0 Å². The number of nitrogens with zero attached hydrogens (tertiary/aromatic N) is 1. The van der Waals surface area contributed by atoms with Crippen molar-refractivity contribution in [2.75, 3.05) is 27.3 Å². The van der Waals surface area contributed by atoms with Crippen LogP contribution in [0.3, 0.4) is 0 Å². The van der Waals surface area contributed by atoms with Gasteiger partial charge in [0, 0.05) is 31.7 Å². The minimum Gasteiger partial charge on any atom is -0.497 e. The standard InChI is InChI=1S/C24H32N2O4/c1-17-14-26(15-18(2)30-17)16-20-8-6-5-7-19(20)13-25-24(27)12-21-11-22(28-3)9-10-23(21)29-4/h5-11,17-18H,12-16H2,1-4H3,(H,25,27). The molecule has 1 saturated heterocycles. The smallest absolute Gasteiger partial charge is 0.224 e. The van der Waals surface area contributed by atoms with E-state index in [2.05, 4.69) is 42.3 Å². The Balaban J connectivity index is 1.62. The Morgan fingerprint density at radius 2 is 1.73 bits per heavy atom. The van der Waals surface area contributed by atoms with E-state index in [1.54, 1.807) is 14.2 Å². The minimum atomic E-state index is -0.0510. The zero-order valence-corrected chi connectivity index (χ0v) is 18.3. The summed E-state index contributed by atoms with van der Waals surface area (Å²) in [7, 11) is 3.21. The molecule has 1 amide bonds. The molecule has 2 atom stereocenters. The van der Waals surface area contributed by atoms with Gasteiger partial charge in [-0.3, -0.25) is 9.69 Å². The van der Waals surface area contributed by atoms with Crippen molar-refractivity contribution in [2.45, 2.75) is 45.6 Å². The number of methoxy groups -OCH3 is 2.